The summed E-state index contributed by atoms with van der Waals surface area (Å²) in [5, 5.41) is 3.63. The van der Waals surface area contributed by atoms with Gasteiger partial charge in [-0.2, -0.15) is 0 Å². The third kappa shape index (κ3) is 2.79. The second kappa shape index (κ2) is 5.39. The van der Waals surface area contributed by atoms with Crippen LogP contribution in [0.25, 0.3) is 0 Å². The van der Waals surface area contributed by atoms with E-state index in [-0.39, 0.29) is 0 Å². The molecule has 3 unspecified atom stereocenters. The molecular weight excluding hydrogens is 198 g/mol. The Hall–Kier alpha value is -0.960. The number of hydrogen-bond donors (Lipinski definition) is 1. The molecule has 16 heavy (non-hydrogen) atoms. The van der Waals surface area contributed by atoms with Gasteiger partial charge >= 0.3 is 0 Å². The van der Waals surface area contributed by atoms with Gasteiger partial charge in [0.05, 0.1) is 5.69 Å². The Labute approximate surface area is 97.7 Å². The minimum Gasteiger partial charge on any atom is -0.308 e. The van der Waals surface area contributed by atoms with Gasteiger partial charge in [0, 0.05) is 18.8 Å². The van der Waals surface area contributed by atoms with Crippen molar-refractivity contribution < 1.29 is 0 Å². The van der Waals surface area contributed by atoms with Gasteiger partial charge in [-0.05, 0) is 24.3 Å². The van der Waals surface area contributed by atoms with Gasteiger partial charge in [0.1, 0.15) is 6.33 Å². The molecule has 1 saturated carbocycles. The normalized spacial score (nSPS) is 30.2. The summed E-state index contributed by atoms with van der Waals surface area (Å²) >= 11 is 0. The zero-order valence-electron chi connectivity index (χ0n) is 10.2. The first-order valence-corrected chi connectivity index (χ1v) is 6.25. The van der Waals surface area contributed by atoms with Crippen LogP contribution in [0, 0.1) is 11.8 Å². The SMILES string of the molecule is CC1CCCC(NCc2ccncn2)C1C. The molecule has 1 aromatic heterocycles. The Kier molecular flexibility index (Phi) is 3.88. The zero-order chi connectivity index (χ0) is 11.4. The van der Waals surface area contributed by atoms with Gasteiger partial charge in [0.2, 0.25) is 0 Å². The lowest BCUT2D eigenvalue weighted by atomic mass is 9.78. The fourth-order valence-electron chi connectivity index (χ4n) is 2.53. The predicted molar refractivity (Wildman–Crippen MR) is 64.8 cm³/mol. The van der Waals surface area contributed by atoms with Crippen molar-refractivity contribution in [3.63, 3.8) is 0 Å². The molecule has 0 aliphatic heterocycles. The highest BCUT2D eigenvalue weighted by molar-refractivity contribution is 4.98. The maximum absolute atomic E-state index is 4.23. The van der Waals surface area contributed by atoms with Crippen molar-refractivity contribution in [1.82, 2.24) is 15.3 Å². The third-order valence-electron chi connectivity index (χ3n) is 3.90. The van der Waals surface area contributed by atoms with Crippen LogP contribution in [0.15, 0.2) is 18.6 Å². The third-order valence-corrected chi connectivity index (χ3v) is 3.90. The van der Waals surface area contributed by atoms with Crippen LogP contribution in [0.5, 0.6) is 0 Å². The minimum absolute atomic E-state index is 0.652. The van der Waals surface area contributed by atoms with Crippen LogP contribution in [0.3, 0.4) is 0 Å². The van der Waals surface area contributed by atoms with Gasteiger partial charge in [-0.1, -0.05) is 26.7 Å². The van der Waals surface area contributed by atoms with E-state index >= 15 is 0 Å². The molecule has 0 amide bonds. The number of hydrogen-bond acceptors (Lipinski definition) is 3. The Balaban J connectivity index is 1.85. The highest BCUT2D eigenvalue weighted by Crippen LogP contribution is 2.29. The fraction of sp³-hybridized carbons (Fsp3) is 0.692. The van der Waals surface area contributed by atoms with E-state index in [4.69, 9.17) is 0 Å². The zero-order valence-corrected chi connectivity index (χ0v) is 10.2. The van der Waals surface area contributed by atoms with Crippen LogP contribution >= 0.6 is 0 Å². The van der Waals surface area contributed by atoms with E-state index in [0.717, 1.165) is 24.1 Å². The summed E-state index contributed by atoms with van der Waals surface area (Å²) in [4.78, 5) is 8.16. The summed E-state index contributed by atoms with van der Waals surface area (Å²) in [6.45, 7) is 5.59. The van der Waals surface area contributed by atoms with Crippen LogP contribution in [0.2, 0.25) is 0 Å². The molecule has 88 valence electrons. The molecule has 3 heteroatoms. The van der Waals surface area contributed by atoms with E-state index in [9.17, 15) is 0 Å². The van der Waals surface area contributed by atoms with E-state index in [1.165, 1.54) is 19.3 Å². The average Bonchev–Trinajstić information content (AvgIpc) is 2.32. The average molecular weight is 219 g/mol. The Morgan fingerprint density at radius 2 is 2.25 bits per heavy atom. The van der Waals surface area contributed by atoms with Crippen LogP contribution in [-0.2, 0) is 6.54 Å². The Bertz CT molecular complexity index is 312. The monoisotopic (exact) mass is 219 g/mol. The van der Waals surface area contributed by atoms with Gasteiger partial charge in [-0.3, -0.25) is 0 Å². The summed E-state index contributed by atoms with van der Waals surface area (Å²) in [5.74, 6) is 1.62. The Morgan fingerprint density at radius 3 is 3.00 bits per heavy atom. The molecule has 0 aromatic carbocycles. The van der Waals surface area contributed by atoms with Gasteiger partial charge < -0.3 is 5.32 Å². The maximum Gasteiger partial charge on any atom is 0.115 e. The number of rotatable bonds is 3. The van der Waals surface area contributed by atoms with E-state index < -0.39 is 0 Å². The predicted octanol–water partition coefficient (Wildman–Crippen LogP) is 2.39. The molecule has 0 bridgehead atoms. The summed E-state index contributed by atoms with van der Waals surface area (Å²) in [7, 11) is 0. The summed E-state index contributed by atoms with van der Waals surface area (Å²) in [6, 6.07) is 2.63. The van der Waals surface area contributed by atoms with Gasteiger partial charge in [-0.25, -0.2) is 9.97 Å². The van der Waals surface area contributed by atoms with E-state index in [2.05, 4.69) is 29.1 Å². The van der Waals surface area contributed by atoms with E-state index in [1.807, 2.05) is 6.07 Å². The smallest absolute Gasteiger partial charge is 0.115 e. The quantitative estimate of drug-likeness (QED) is 0.848. The minimum atomic E-state index is 0.652. The Morgan fingerprint density at radius 1 is 1.38 bits per heavy atom. The molecule has 2 rings (SSSR count). The highest BCUT2D eigenvalue weighted by atomic mass is 14.9. The highest BCUT2D eigenvalue weighted by Gasteiger charge is 2.26. The molecule has 1 heterocycles. The van der Waals surface area contributed by atoms with E-state index in [1.54, 1.807) is 12.5 Å². The fourth-order valence-corrected chi connectivity index (χ4v) is 2.53. The summed E-state index contributed by atoms with van der Waals surface area (Å²) in [6.07, 6.45) is 7.46. The molecule has 1 fully saturated rings. The molecule has 3 atom stereocenters. The maximum atomic E-state index is 4.23. The molecule has 1 N–H and O–H groups in total. The van der Waals surface area contributed by atoms with Crippen molar-refractivity contribution in [3.05, 3.63) is 24.3 Å². The summed E-state index contributed by atoms with van der Waals surface area (Å²) < 4.78 is 0. The molecule has 1 aliphatic rings. The molecule has 1 aromatic rings. The van der Waals surface area contributed by atoms with Crippen LogP contribution in [0.1, 0.15) is 38.8 Å². The number of nitrogens with zero attached hydrogens (tertiary/aromatic N) is 2. The van der Waals surface area contributed by atoms with Gasteiger partial charge in [0.15, 0.2) is 0 Å². The van der Waals surface area contributed by atoms with E-state index in [0.29, 0.717) is 6.04 Å². The number of nitrogens with one attached hydrogen (secondary N) is 1. The van der Waals surface area contributed by atoms with Crippen LogP contribution < -0.4 is 5.32 Å². The lowest BCUT2D eigenvalue weighted by Crippen LogP contribution is -2.40. The van der Waals surface area contributed by atoms with Gasteiger partial charge in [0.25, 0.3) is 0 Å². The van der Waals surface area contributed by atoms with Crippen molar-refractivity contribution in [2.24, 2.45) is 11.8 Å². The molecule has 0 saturated heterocycles. The lowest BCUT2D eigenvalue weighted by Gasteiger charge is -2.34. The molecule has 0 radical (unpaired) electrons. The van der Waals surface area contributed by atoms with Crippen molar-refractivity contribution in [3.8, 4) is 0 Å². The van der Waals surface area contributed by atoms with Gasteiger partial charge in [-0.15, -0.1) is 0 Å². The van der Waals surface area contributed by atoms with Crippen molar-refractivity contribution in [2.75, 3.05) is 0 Å². The topological polar surface area (TPSA) is 37.8 Å². The van der Waals surface area contributed by atoms with Crippen molar-refractivity contribution >= 4 is 0 Å². The molecule has 3 nitrogen and oxygen atoms in total. The largest absolute Gasteiger partial charge is 0.308 e. The molecular formula is C13H21N3. The molecule has 0 spiro atoms. The van der Waals surface area contributed by atoms with Crippen LogP contribution in [0.4, 0.5) is 0 Å². The van der Waals surface area contributed by atoms with Crippen molar-refractivity contribution in [1.29, 1.82) is 0 Å². The first-order valence-electron chi connectivity index (χ1n) is 6.25. The first-order chi connectivity index (χ1) is 7.77. The lowest BCUT2D eigenvalue weighted by molar-refractivity contribution is 0.205. The number of aromatic nitrogens is 2. The second-order valence-electron chi connectivity index (χ2n) is 4.96. The second-order valence-corrected chi connectivity index (χ2v) is 4.96. The standard InChI is InChI=1S/C13H21N3/c1-10-4-3-5-13(11(10)2)15-8-12-6-7-14-9-16-12/h6-7,9-11,13,15H,3-5,8H2,1-2H3. The van der Waals surface area contributed by atoms with Crippen molar-refractivity contribution in [2.45, 2.75) is 45.7 Å². The first kappa shape index (κ1) is 11.5. The van der Waals surface area contributed by atoms with Crippen LogP contribution in [-0.4, -0.2) is 16.0 Å². The molecule has 1 aliphatic carbocycles. The summed E-state index contributed by atoms with van der Waals surface area (Å²) in [5.41, 5.74) is 1.08.